The number of aryl methyl sites for hydroxylation is 1. The molecule has 1 heterocycles. The van der Waals surface area contributed by atoms with E-state index in [0.29, 0.717) is 30.3 Å². The average Bonchev–Trinajstić information content (AvgIpc) is 2.64. The van der Waals surface area contributed by atoms with E-state index in [-0.39, 0.29) is 23.6 Å². The molecule has 0 aliphatic carbocycles. The largest absolute Gasteiger partial charge is 0.576 e. The van der Waals surface area contributed by atoms with Crippen LogP contribution in [0.2, 0.25) is 0 Å². The van der Waals surface area contributed by atoms with Crippen LogP contribution in [0.1, 0.15) is 31.7 Å². The third-order valence-corrected chi connectivity index (χ3v) is 4.33. The monoisotopic (exact) mass is 457 g/mol. The van der Waals surface area contributed by atoms with Crippen molar-refractivity contribution >= 4 is 34.6 Å². The Morgan fingerprint density at radius 2 is 1.88 bits per heavy atom. The summed E-state index contributed by atoms with van der Waals surface area (Å²) in [5.41, 5.74) is 0.518. The Hall–Kier alpha value is -3.57. The highest BCUT2D eigenvalue weighted by molar-refractivity contribution is 5.98. The van der Waals surface area contributed by atoms with Crippen molar-refractivity contribution in [3.63, 3.8) is 0 Å². The van der Waals surface area contributed by atoms with Crippen LogP contribution in [-0.4, -0.2) is 36.9 Å². The molecule has 2 rings (SSSR count). The maximum atomic E-state index is 12.6. The molecule has 0 saturated carbocycles. The maximum absolute atomic E-state index is 12.6. The number of hydrogen-bond donors (Lipinski definition) is 3. The zero-order chi connectivity index (χ0) is 23.9. The Kier molecular flexibility index (Phi) is 8.21. The second kappa shape index (κ2) is 10.6. The number of carbonyl (C=O) groups excluding carboxylic acids is 3. The van der Waals surface area contributed by atoms with Gasteiger partial charge in [-0.1, -0.05) is 0 Å². The molecule has 32 heavy (non-hydrogen) atoms. The Morgan fingerprint density at radius 3 is 2.53 bits per heavy atom. The van der Waals surface area contributed by atoms with Crippen molar-refractivity contribution in [3.8, 4) is 0 Å². The lowest BCUT2D eigenvalue weighted by Gasteiger charge is -2.19. The summed E-state index contributed by atoms with van der Waals surface area (Å²) in [4.78, 5) is 46.6. The summed E-state index contributed by atoms with van der Waals surface area (Å²) in [5, 5.41) is 7.57. The van der Waals surface area contributed by atoms with E-state index in [4.69, 9.17) is 4.42 Å². The third kappa shape index (κ3) is 7.93. The third-order valence-electron chi connectivity index (χ3n) is 4.33. The van der Waals surface area contributed by atoms with Crippen LogP contribution >= 0.6 is 0 Å². The first kappa shape index (κ1) is 24.7. The van der Waals surface area contributed by atoms with Gasteiger partial charge < -0.3 is 25.1 Å². The highest BCUT2D eigenvalue weighted by atomic mass is 19.4. The van der Waals surface area contributed by atoms with Gasteiger partial charge >= 0.3 is 18.1 Å². The molecule has 0 spiro atoms. The number of alkyl halides is 3. The van der Waals surface area contributed by atoms with Gasteiger partial charge in [0.25, 0.3) is 0 Å². The van der Waals surface area contributed by atoms with E-state index in [1.807, 2.05) is 5.32 Å². The first-order valence-electron chi connectivity index (χ1n) is 9.60. The number of anilines is 1. The minimum atomic E-state index is -5.20. The molecule has 1 aromatic carbocycles. The minimum Gasteiger partial charge on any atom is -0.423 e. The van der Waals surface area contributed by atoms with Crippen molar-refractivity contribution in [3.05, 3.63) is 40.2 Å². The summed E-state index contributed by atoms with van der Waals surface area (Å²) in [7, 11) is 0. The van der Waals surface area contributed by atoms with E-state index in [1.165, 1.54) is 25.1 Å². The molecule has 0 aliphatic rings. The molecular formula is C20H22F3N3O6. The van der Waals surface area contributed by atoms with Gasteiger partial charge in [-0.05, 0) is 43.9 Å². The van der Waals surface area contributed by atoms with Gasteiger partial charge in [-0.25, -0.2) is 9.59 Å². The number of alkyl carbamates (subject to hydrolysis) is 1. The predicted octanol–water partition coefficient (Wildman–Crippen LogP) is 2.96. The molecule has 174 valence electrons. The number of unbranched alkanes of at least 4 members (excludes halogenated alkanes) is 1. The summed E-state index contributed by atoms with van der Waals surface area (Å²) in [6.45, 7) is 3.35. The van der Waals surface area contributed by atoms with Gasteiger partial charge in [0, 0.05) is 36.7 Å². The molecule has 0 unspecified atom stereocenters. The number of nitrogens with one attached hydrogen (secondary N) is 3. The zero-order valence-corrected chi connectivity index (χ0v) is 17.3. The second-order valence-corrected chi connectivity index (χ2v) is 6.96. The molecule has 2 aromatic rings. The molecule has 12 heteroatoms. The normalized spacial score (nSPS) is 12.2. The fraction of sp³-hybridized carbons (Fsp3) is 0.400. The summed E-state index contributed by atoms with van der Waals surface area (Å²) >= 11 is 0. The number of carbonyl (C=O) groups is 3. The number of benzene rings is 1. The van der Waals surface area contributed by atoms with Crippen LogP contribution in [0.3, 0.4) is 0 Å². The first-order chi connectivity index (χ1) is 14.9. The van der Waals surface area contributed by atoms with Crippen molar-refractivity contribution in [2.75, 3.05) is 11.9 Å². The second-order valence-electron chi connectivity index (χ2n) is 6.96. The average molecular weight is 457 g/mol. The van der Waals surface area contributed by atoms with Crippen LogP contribution in [0.5, 0.6) is 0 Å². The van der Waals surface area contributed by atoms with Crippen molar-refractivity contribution < 1.29 is 36.7 Å². The van der Waals surface area contributed by atoms with E-state index in [9.17, 15) is 32.3 Å². The molecule has 0 bridgehead atoms. The minimum absolute atomic E-state index is 0.0137. The summed E-state index contributed by atoms with van der Waals surface area (Å²) in [6.07, 6.45) is -6.29. The topological polar surface area (TPSA) is 127 Å². The van der Waals surface area contributed by atoms with Gasteiger partial charge in [-0.2, -0.15) is 0 Å². The number of halogens is 3. The van der Waals surface area contributed by atoms with Crippen LogP contribution in [-0.2, 0) is 14.3 Å². The fourth-order valence-corrected chi connectivity index (χ4v) is 2.92. The standard InChI is InChI=1S/C20H22F3N3O6/c1-11-9-17(28)31-16-10-13(6-7-14(11)16)25-18(29)15(5-3-4-8-24-12(2)27)26-19(30)32-20(21,22)23/h6-7,9-10,15H,3-5,8H2,1-2H3,(H,24,27)(H,25,29)(H,26,30)/t15-/m0/s1. The highest BCUT2D eigenvalue weighted by Crippen LogP contribution is 2.21. The molecule has 0 saturated heterocycles. The van der Waals surface area contributed by atoms with Gasteiger partial charge in [0.2, 0.25) is 11.8 Å². The predicted molar refractivity (Wildman–Crippen MR) is 108 cm³/mol. The highest BCUT2D eigenvalue weighted by Gasteiger charge is 2.35. The van der Waals surface area contributed by atoms with Crippen LogP contribution in [0.15, 0.2) is 33.5 Å². The summed E-state index contributed by atoms with van der Waals surface area (Å²) in [6, 6.07) is 4.49. The summed E-state index contributed by atoms with van der Waals surface area (Å²) < 4.78 is 45.2. The van der Waals surface area contributed by atoms with Crippen molar-refractivity contribution in [1.82, 2.24) is 10.6 Å². The number of amides is 3. The van der Waals surface area contributed by atoms with E-state index in [2.05, 4.69) is 15.4 Å². The van der Waals surface area contributed by atoms with E-state index >= 15 is 0 Å². The molecule has 9 nitrogen and oxygen atoms in total. The van der Waals surface area contributed by atoms with Gasteiger partial charge in [-0.3, -0.25) is 9.59 Å². The smallest absolute Gasteiger partial charge is 0.423 e. The molecule has 3 N–H and O–H groups in total. The molecule has 3 amide bonds. The molecule has 0 aliphatic heterocycles. The molecule has 1 atom stereocenters. The quantitative estimate of drug-likeness (QED) is 0.413. The number of rotatable bonds is 8. The van der Waals surface area contributed by atoms with Crippen LogP contribution < -0.4 is 21.6 Å². The Labute approximate surface area is 180 Å². The zero-order valence-electron chi connectivity index (χ0n) is 17.3. The van der Waals surface area contributed by atoms with Gasteiger partial charge in [0.05, 0.1) is 0 Å². The molecule has 0 fully saturated rings. The van der Waals surface area contributed by atoms with Gasteiger partial charge in [0.15, 0.2) is 0 Å². The van der Waals surface area contributed by atoms with Gasteiger partial charge in [0.1, 0.15) is 11.6 Å². The Morgan fingerprint density at radius 1 is 1.16 bits per heavy atom. The van der Waals surface area contributed by atoms with Gasteiger partial charge in [-0.15, -0.1) is 13.2 Å². The van der Waals surface area contributed by atoms with E-state index in [1.54, 1.807) is 13.0 Å². The molecule has 0 radical (unpaired) electrons. The van der Waals surface area contributed by atoms with Crippen molar-refractivity contribution in [2.45, 2.75) is 45.5 Å². The number of fused-ring (bicyclic) bond motifs is 1. The fourth-order valence-electron chi connectivity index (χ4n) is 2.92. The first-order valence-corrected chi connectivity index (χ1v) is 9.60. The van der Waals surface area contributed by atoms with Crippen LogP contribution in [0.25, 0.3) is 11.0 Å². The SMILES string of the molecule is CC(=O)NCCCC[C@H](NC(=O)OC(F)(F)F)C(=O)Nc1ccc2c(C)cc(=O)oc2c1. The van der Waals surface area contributed by atoms with Crippen LogP contribution in [0, 0.1) is 6.92 Å². The van der Waals surface area contributed by atoms with Crippen molar-refractivity contribution in [1.29, 1.82) is 0 Å². The maximum Gasteiger partial charge on any atom is 0.576 e. The molecule has 1 aromatic heterocycles. The van der Waals surface area contributed by atoms with Crippen molar-refractivity contribution in [2.24, 2.45) is 0 Å². The Balaban J connectivity index is 2.11. The Bertz CT molecular complexity index is 1050. The van der Waals surface area contributed by atoms with Crippen LogP contribution in [0.4, 0.5) is 23.7 Å². The van der Waals surface area contributed by atoms with E-state index < -0.39 is 30.0 Å². The summed E-state index contributed by atoms with van der Waals surface area (Å²) in [5.74, 6) is -1.04. The lowest BCUT2D eigenvalue weighted by molar-refractivity contribution is -0.291. The lowest BCUT2D eigenvalue weighted by atomic mass is 10.1. The van der Waals surface area contributed by atoms with E-state index in [0.717, 1.165) is 0 Å². The molecular weight excluding hydrogens is 435 g/mol. The lowest BCUT2D eigenvalue weighted by Crippen LogP contribution is -2.45. The number of ether oxygens (including phenoxy) is 1. The number of hydrogen-bond acceptors (Lipinski definition) is 6.